The number of rotatable bonds is 6. The predicted octanol–water partition coefficient (Wildman–Crippen LogP) is 0.335. The molecule has 8 heteroatoms. The molecule has 0 amide bonds. The van der Waals surface area contributed by atoms with Gasteiger partial charge in [-0.15, -0.1) is 0 Å². The van der Waals surface area contributed by atoms with E-state index in [0.717, 1.165) is 0 Å². The van der Waals surface area contributed by atoms with E-state index in [1.165, 1.54) is 0 Å². The largest absolute Gasteiger partial charge is 0.480 e. The van der Waals surface area contributed by atoms with Gasteiger partial charge >= 0.3 is 11.7 Å². The fraction of sp³-hybridized carbons (Fsp3) is 0.833. The zero-order valence-electron chi connectivity index (χ0n) is 7.48. The van der Waals surface area contributed by atoms with E-state index in [2.05, 4.69) is 0 Å². The highest BCUT2D eigenvalue weighted by Gasteiger charge is 2.32. The second-order valence-corrected chi connectivity index (χ2v) is 4.44. The Balaban J connectivity index is 4.73. The van der Waals surface area contributed by atoms with Crippen LogP contribution < -0.4 is 0 Å². The van der Waals surface area contributed by atoms with Gasteiger partial charge in [0, 0.05) is 6.54 Å². The van der Waals surface area contributed by atoms with Crippen molar-refractivity contribution in [3.8, 4) is 0 Å². The van der Waals surface area contributed by atoms with E-state index in [9.17, 15) is 22.0 Å². The van der Waals surface area contributed by atoms with Gasteiger partial charge in [-0.25, -0.2) is 8.42 Å². The maximum Gasteiger partial charge on any atom is 0.350 e. The number of carboxylic acid groups (broad SMARTS) is 1. The quantitative estimate of drug-likeness (QED) is 0.715. The minimum atomic E-state index is -4.78. The number of hydrogen-bond acceptors (Lipinski definition) is 3. The molecule has 5 nitrogen and oxygen atoms in total. The van der Waals surface area contributed by atoms with Gasteiger partial charge in [-0.2, -0.15) is 13.1 Å². The Hall–Kier alpha value is -0.760. The number of halogens is 2. The van der Waals surface area contributed by atoms with E-state index in [-0.39, 0.29) is 17.3 Å². The average Bonchev–Trinajstić information content (AvgIpc) is 2.02. The van der Waals surface area contributed by atoms with Crippen molar-refractivity contribution < 1.29 is 27.1 Å². The molecule has 0 fully saturated rings. The molecule has 1 N–H and O–H groups in total. The molecule has 0 bridgehead atoms. The lowest BCUT2D eigenvalue weighted by atomic mass is 10.5. The molecule has 0 aliphatic heterocycles. The molecular formula is C6H11F2NO4S. The van der Waals surface area contributed by atoms with E-state index < -0.39 is 28.3 Å². The van der Waals surface area contributed by atoms with Gasteiger partial charge in [0.25, 0.3) is 10.0 Å². The Morgan fingerprint density at radius 3 is 2.29 bits per heavy atom. The minimum absolute atomic E-state index is 0.223. The molecule has 0 aromatic carbocycles. The summed E-state index contributed by atoms with van der Waals surface area (Å²) in [6.07, 6.45) is 0.277. The van der Waals surface area contributed by atoms with Crippen molar-refractivity contribution in [2.45, 2.75) is 19.1 Å². The molecule has 0 spiro atoms. The van der Waals surface area contributed by atoms with E-state index in [1.807, 2.05) is 0 Å². The highest BCUT2D eigenvalue weighted by Crippen LogP contribution is 2.11. The average molecular weight is 231 g/mol. The zero-order valence-corrected chi connectivity index (χ0v) is 8.30. The monoisotopic (exact) mass is 231 g/mol. The maximum absolute atomic E-state index is 12.0. The summed E-state index contributed by atoms with van der Waals surface area (Å²) in [5.74, 6) is -5.03. The Kier molecular flexibility index (Phi) is 4.92. The lowest BCUT2D eigenvalue weighted by molar-refractivity contribution is -0.137. The molecule has 0 aromatic rings. The molecule has 0 saturated heterocycles. The highest BCUT2D eigenvalue weighted by atomic mass is 32.2. The number of nitrogens with zero attached hydrogens (tertiary/aromatic N) is 1. The van der Waals surface area contributed by atoms with Gasteiger partial charge < -0.3 is 5.11 Å². The van der Waals surface area contributed by atoms with E-state index in [1.54, 1.807) is 6.92 Å². The summed E-state index contributed by atoms with van der Waals surface area (Å²) < 4.78 is 46.0. The zero-order chi connectivity index (χ0) is 11.4. The van der Waals surface area contributed by atoms with Crippen LogP contribution in [0.5, 0.6) is 0 Å². The first-order valence-corrected chi connectivity index (χ1v) is 5.31. The summed E-state index contributed by atoms with van der Waals surface area (Å²) in [6, 6.07) is 0. The molecule has 14 heavy (non-hydrogen) atoms. The first-order valence-electron chi connectivity index (χ1n) is 3.81. The van der Waals surface area contributed by atoms with Crippen molar-refractivity contribution in [2.24, 2.45) is 0 Å². The number of sulfonamides is 1. The van der Waals surface area contributed by atoms with Crippen LogP contribution in [0.1, 0.15) is 13.3 Å². The molecule has 0 unspecified atom stereocenters. The third-order valence-electron chi connectivity index (χ3n) is 1.37. The standard InChI is InChI=1S/C6H11F2NO4S/c1-2-3-9(4-5(10)11)14(12,13)6(7)8/h6H,2-4H2,1H3,(H,10,11). The predicted molar refractivity (Wildman–Crippen MR) is 44.4 cm³/mol. The smallest absolute Gasteiger partial charge is 0.350 e. The van der Waals surface area contributed by atoms with E-state index in [4.69, 9.17) is 5.11 Å². The molecule has 0 radical (unpaired) electrons. The molecule has 0 aliphatic rings. The lowest BCUT2D eigenvalue weighted by Crippen LogP contribution is -2.39. The van der Waals surface area contributed by atoms with Crippen molar-refractivity contribution in [2.75, 3.05) is 13.1 Å². The van der Waals surface area contributed by atoms with Crippen molar-refractivity contribution in [3.05, 3.63) is 0 Å². The summed E-state index contributed by atoms with van der Waals surface area (Å²) >= 11 is 0. The van der Waals surface area contributed by atoms with Gasteiger partial charge in [0.2, 0.25) is 0 Å². The Bertz CT molecular complexity index is 290. The fourth-order valence-electron chi connectivity index (χ4n) is 0.809. The molecule has 0 rings (SSSR count). The molecule has 0 aromatic heterocycles. The van der Waals surface area contributed by atoms with Gasteiger partial charge in [0.1, 0.15) is 6.54 Å². The highest BCUT2D eigenvalue weighted by molar-refractivity contribution is 7.89. The van der Waals surface area contributed by atoms with Crippen molar-refractivity contribution >= 4 is 16.0 Å². The van der Waals surface area contributed by atoms with Gasteiger partial charge in [-0.05, 0) is 6.42 Å². The Morgan fingerprint density at radius 1 is 1.50 bits per heavy atom. The Morgan fingerprint density at radius 2 is 2.00 bits per heavy atom. The van der Waals surface area contributed by atoms with Crippen molar-refractivity contribution in [1.29, 1.82) is 0 Å². The molecular weight excluding hydrogens is 220 g/mol. The summed E-state index contributed by atoms with van der Waals surface area (Å²) in [7, 11) is -4.78. The summed E-state index contributed by atoms with van der Waals surface area (Å²) in [6.45, 7) is 0.412. The number of alkyl halides is 2. The van der Waals surface area contributed by atoms with Gasteiger partial charge in [0.05, 0.1) is 0 Å². The van der Waals surface area contributed by atoms with Crippen LogP contribution >= 0.6 is 0 Å². The van der Waals surface area contributed by atoms with Gasteiger partial charge in [-0.3, -0.25) is 4.79 Å². The fourth-order valence-corrected chi connectivity index (χ4v) is 1.76. The topological polar surface area (TPSA) is 74.7 Å². The summed E-state index contributed by atoms with van der Waals surface area (Å²) in [5, 5.41) is 8.30. The van der Waals surface area contributed by atoms with Crippen LogP contribution in [0.2, 0.25) is 0 Å². The van der Waals surface area contributed by atoms with Gasteiger partial charge in [-0.1, -0.05) is 6.92 Å². The lowest BCUT2D eigenvalue weighted by Gasteiger charge is -2.18. The van der Waals surface area contributed by atoms with Crippen LogP contribution in [0.25, 0.3) is 0 Å². The first-order chi connectivity index (χ1) is 6.32. The maximum atomic E-state index is 12.0. The van der Waals surface area contributed by atoms with Crippen LogP contribution in [0.15, 0.2) is 0 Å². The number of carbonyl (C=O) groups is 1. The third-order valence-corrected chi connectivity index (χ3v) is 2.85. The normalized spacial score (nSPS) is 12.4. The van der Waals surface area contributed by atoms with Gasteiger partial charge in [0.15, 0.2) is 0 Å². The van der Waals surface area contributed by atoms with Crippen LogP contribution in [-0.4, -0.2) is 42.6 Å². The molecule has 0 saturated carbocycles. The Labute approximate surface area is 80.4 Å². The summed E-state index contributed by atoms with van der Waals surface area (Å²) in [5.41, 5.74) is 0. The molecule has 0 aliphatic carbocycles. The number of carboxylic acids is 1. The van der Waals surface area contributed by atoms with Crippen molar-refractivity contribution in [1.82, 2.24) is 4.31 Å². The first kappa shape index (κ1) is 13.2. The van der Waals surface area contributed by atoms with E-state index in [0.29, 0.717) is 0 Å². The second-order valence-electron chi connectivity index (χ2n) is 2.53. The second kappa shape index (κ2) is 5.20. The molecule has 84 valence electrons. The summed E-state index contributed by atoms with van der Waals surface area (Å²) in [4.78, 5) is 10.2. The van der Waals surface area contributed by atoms with Crippen LogP contribution in [0.4, 0.5) is 8.78 Å². The number of hydrogen-bond donors (Lipinski definition) is 1. The van der Waals surface area contributed by atoms with Crippen molar-refractivity contribution in [3.63, 3.8) is 0 Å². The third kappa shape index (κ3) is 3.54. The van der Waals surface area contributed by atoms with Crippen LogP contribution in [-0.2, 0) is 14.8 Å². The van der Waals surface area contributed by atoms with E-state index >= 15 is 0 Å². The van der Waals surface area contributed by atoms with Crippen LogP contribution in [0.3, 0.4) is 0 Å². The number of aliphatic carboxylic acids is 1. The SMILES string of the molecule is CCCN(CC(=O)O)S(=O)(=O)C(F)F. The molecule has 0 atom stereocenters. The minimum Gasteiger partial charge on any atom is -0.480 e. The molecule has 0 heterocycles. The van der Waals surface area contributed by atoms with Crippen LogP contribution in [0, 0.1) is 0 Å².